The van der Waals surface area contributed by atoms with Gasteiger partial charge in [-0.25, -0.2) is 0 Å². The lowest BCUT2D eigenvalue weighted by Crippen LogP contribution is -1.94. The molecular formula is C20H18O. The van der Waals surface area contributed by atoms with E-state index in [-0.39, 0.29) is 5.78 Å². The minimum Gasteiger partial charge on any atom is -0.289 e. The second-order valence-corrected chi connectivity index (χ2v) is 4.91. The van der Waals surface area contributed by atoms with Gasteiger partial charge < -0.3 is 0 Å². The minimum absolute atomic E-state index is 0.00410. The number of allylic oxidation sites excluding steroid dienone is 3. The Morgan fingerprint density at radius 3 is 2.29 bits per heavy atom. The average Bonchev–Trinajstić information content (AvgIpc) is 2.52. The summed E-state index contributed by atoms with van der Waals surface area (Å²) in [5.74, 6) is 0.00410. The van der Waals surface area contributed by atoms with Crippen LogP contribution >= 0.6 is 0 Å². The number of carbonyl (C=O) groups is 1. The number of rotatable bonds is 5. The maximum Gasteiger partial charge on any atom is 0.185 e. The quantitative estimate of drug-likeness (QED) is 0.417. The summed E-state index contributed by atoms with van der Waals surface area (Å²) in [6.07, 6.45) is 7.33. The van der Waals surface area contributed by atoms with Crippen molar-refractivity contribution in [2.75, 3.05) is 0 Å². The van der Waals surface area contributed by atoms with E-state index in [4.69, 9.17) is 0 Å². The zero-order valence-corrected chi connectivity index (χ0v) is 12.1. The highest BCUT2D eigenvalue weighted by Crippen LogP contribution is 2.11. The third-order valence-corrected chi connectivity index (χ3v) is 2.96. The molecule has 21 heavy (non-hydrogen) atoms. The SMILES string of the molecule is C=C(C)C=Cc1cccc(C(=O)C=Cc2ccccc2)c1. The Balaban J connectivity index is 2.14. The molecule has 0 atom stereocenters. The Morgan fingerprint density at radius 2 is 1.57 bits per heavy atom. The molecule has 0 unspecified atom stereocenters. The first-order valence-electron chi connectivity index (χ1n) is 6.86. The molecular weight excluding hydrogens is 256 g/mol. The highest BCUT2D eigenvalue weighted by molar-refractivity contribution is 6.07. The number of hydrogen-bond acceptors (Lipinski definition) is 1. The molecule has 0 aliphatic heterocycles. The van der Waals surface area contributed by atoms with Crippen LogP contribution in [0, 0.1) is 0 Å². The van der Waals surface area contributed by atoms with Crippen LogP contribution in [0.1, 0.15) is 28.4 Å². The summed E-state index contributed by atoms with van der Waals surface area (Å²) < 4.78 is 0. The highest BCUT2D eigenvalue weighted by Gasteiger charge is 2.01. The fraction of sp³-hybridized carbons (Fsp3) is 0.0500. The molecule has 0 N–H and O–H groups in total. The molecule has 2 aromatic rings. The second-order valence-electron chi connectivity index (χ2n) is 4.91. The molecule has 0 saturated heterocycles. The zero-order valence-electron chi connectivity index (χ0n) is 12.1. The van der Waals surface area contributed by atoms with Gasteiger partial charge in [-0.05, 0) is 30.2 Å². The smallest absolute Gasteiger partial charge is 0.185 e. The van der Waals surface area contributed by atoms with E-state index in [9.17, 15) is 4.79 Å². The van der Waals surface area contributed by atoms with Crippen LogP contribution in [-0.4, -0.2) is 5.78 Å². The standard InChI is InChI=1S/C20H18O/c1-16(2)11-12-18-9-6-10-19(15-18)20(21)14-13-17-7-4-3-5-8-17/h3-15H,1H2,2H3. The van der Waals surface area contributed by atoms with Crippen LogP contribution < -0.4 is 0 Å². The highest BCUT2D eigenvalue weighted by atomic mass is 16.1. The van der Waals surface area contributed by atoms with Gasteiger partial charge in [0.1, 0.15) is 0 Å². The van der Waals surface area contributed by atoms with Gasteiger partial charge in [-0.2, -0.15) is 0 Å². The number of ketones is 1. The van der Waals surface area contributed by atoms with Crippen LogP contribution in [0.5, 0.6) is 0 Å². The minimum atomic E-state index is 0.00410. The van der Waals surface area contributed by atoms with Crippen molar-refractivity contribution in [3.8, 4) is 0 Å². The molecule has 0 heterocycles. The van der Waals surface area contributed by atoms with Gasteiger partial charge in [0.2, 0.25) is 0 Å². The number of carbonyl (C=O) groups excluding carboxylic acids is 1. The predicted octanol–water partition coefficient (Wildman–Crippen LogP) is 5.17. The number of benzene rings is 2. The maximum atomic E-state index is 12.2. The monoisotopic (exact) mass is 274 g/mol. The maximum absolute atomic E-state index is 12.2. The molecule has 0 fully saturated rings. The molecule has 0 amide bonds. The Labute approximate surface area is 126 Å². The molecule has 2 rings (SSSR count). The fourth-order valence-electron chi connectivity index (χ4n) is 1.87. The largest absolute Gasteiger partial charge is 0.289 e. The van der Waals surface area contributed by atoms with Crippen molar-refractivity contribution in [1.29, 1.82) is 0 Å². The van der Waals surface area contributed by atoms with Gasteiger partial charge in [-0.1, -0.05) is 78.9 Å². The first kappa shape index (κ1) is 14.7. The van der Waals surface area contributed by atoms with E-state index in [1.807, 2.05) is 79.7 Å². The summed E-state index contributed by atoms with van der Waals surface area (Å²) in [6.45, 7) is 5.76. The second kappa shape index (κ2) is 7.20. The van der Waals surface area contributed by atoms with E-state index < -0.39 is 0 Å². The van der Waals surface area contributed by atoms with Crippen molar-refractivity contribution >= 4 is 17.9 Å². The van der Waals surface area contributed by atoms with Crippen LogP contribution in [-0.2, 0) is 0 Å². The van der Waals surface area contributed by atoms with Crippen LogP contribution in [0.3, 0.4) is 0 Å². The van der Waals surface area contributed by atoms with Crippen molar-refractivity contribution in [3.05, 3.63) is 95.6 Å². The van der Waals surface area contributed by atoms with Crippen LogP contribution in [0.4, 0.5) is 0 Å². The summed E-state index contributed by atoms with van der Waals surface area (Å²) in [4.78, 5) is 12.2. The summed E-state index contributed by atoms with van der Waals surface area (Å²) >= 11 is 0. The van der Waals surface area contributed by atoms with Crippen molar-refractivity contribution in [3.63, 3.8) is 0 Å². The average molecular weight is 274 g/mol. The molecule has 2 aromatic carbocycles. The van der Waals surface area contributed by atoms with Gasteiger partial charge in [0.15, 0.2) is 5.78 Å². The molecule has 0 radical (unpaired) electrons. The molecule has 0 aliphatic rings. The van der Waals surface area contributed by atoms with Gasteiger partial charge in [0.25, 0.3) is 0 Å². The van der Waals surface area contributed by atoms with Crippen molar-refractivity contribution < 1.29 is 4.79 Å². The summed E-state index contributed by atoms with van der Waals surface area (Å²) in [5.41, 5.74) is 3.68. The summed E-state index contributed by atoms with van der Waals surface area (Å²) in [5, 5.41) is 0. The molecule has 0 spiro atoms. The van der Waals surface area contributed by atoms with Gasteiger partial charge in [-0.3, -0.25) is 4.79 Å². The lowest BCUT2D eigenvalue weighted by Gasteiger charge is -1.99. The zero-order chi connectivity index (χ0) is 15.1. The van der Waals surface area contributed by atoms with E-state index in [1.165, 1.54) is 0 Å². The first-order chi connectivity index (χ1) is 10.1. The van der Waals surface area contributed by atoms with Gasteiger partial charge in [0.05, 0.1) is 0 Å². The molecule has 0 aromatic heterocycles. The Bertz CT molecular complexity index is 691. The Kier molecular flexibility index (Phi) is 5.05. The Hall–Kier alpha value is -2.67. The van der Waals surface area contributed by atoms with E-state index in [2.05, 4.69) is 6.58 Å². The molecule has 0 bridgehead atoms. The summed E-state index contributed by atoms with van der Waals surface area (Å²) in [6, 6.07) is 17.4. The van der Waals surface area contributed by atoms with Crippen molar-refractivity contribution in [2.45, 2.75) is 6.92 Å². The molecule has 1 nitrogen and oxygen atoms in total. The summed E-state index contributed by atoms with van der Waals surface area (Å²) in [7, 11) is 0. The predicted molar refractivity (Wildman–Crippen MR) is 90.1 cm³/mol. The van der Waals surface area contributed by atoms with E-state index in [1.54, 1.807) is 6.08 Å². The van der Waals surface area contributed by atoms with E-state index in [0.717, 1.165) is 16.7 Å². The van der Waals surface area contributed by atoms with Gasteiger partial charge >= 0.3 is 0 Å². The topological polar surface area (TPSA) is 17.1 Å². The molecule has 1 heteroatoms. The first-order valence-corrected chi connectivity index (χ1v) is 6.86. The third-order valence-electron chi connectivity index (χ3n) is 2.96. The lowest BCUT2D eigenvalue weighted by molar-refractivity contribution is 0.104. The van der Waals surface area contributed by atoms with Crippen LogP contribution in [0.15, 0.2) is 78.9 Å². The van der Waals surface area contributed by atoms with Crippen molar-refractivity contribution in [1.82, 2.24) is 0 Å². The van der Waals surface area contributed by atoms with Crippen molar-refractivity contribution in [2.24, 2.45) is 0 Å². The molecule has 104 valence electrons. The Morgan fingerprint density at radius 1 is 0.905 bits per heavy atom. The van der Waals surface area contributed by atoms with E-state index >= 15 is 0 Å². The van der Waals surface area contributed by atoms with Crippen LogP contribution in [0.25, 0.3) is 12.2 Å². The number of hydrogen-bond donors (Lipinski definition) is 0. The third kappa shape index (κ3) is 4.73. The molecule has 0 aliphatic carbocycles. The van der Waals surface area contributed by atoms with E-state index in [0.29, 0.717) is 5.56 Å². The molecule has 0 saturated carbocycles. The van der Waals surface area contributed by atoms with Crippen LogP contribution in [0.2, 0.25) is 0 Å². The van der Waals surface area contributed by atoms with Gasteiger partial charge in [0, 0.05) is 5.56 Å². The fourth-order valence-corrected chi connectivity index (χ4v) is 1.87. The normalized spacial score (nSPS) is 11.1. The lowest BCUT2D eigenvalue weighted by atomic mass is 10.1. The van der Waals surface area contributed by atoms with Gasteiger partial charge in [-0.15, -0.1) is 0 Å².